The fraction of sp³-hybridized carbons (Fsp3) is 0.417. The van der Waals surface area contributed by atoms with Crippen molar-refractivity contribution in [2.45, 2.75) is 12.5 Å². The van der Waals surface area contributed by atoms with Crippen molar-refractivity contribution in [2.75, 3.05) is 19.8 Å². The first-order valence-electron chi connectivity index (χ1n) is 7.24. The second-order valence-electron chi connectivity index (χ2n) is 5.45. The van der Waals surface area contributed by atoms with E-state index in [1.165, 1.54) is 9.58 Å². The molecule has 2 aliphatic rings. The van der Waals surface area contributed by atoms with Crippen molar-refractivity contribution in [3.63, 3.8) is 0 Å². The molecule has 2 bridgehead atoms. The van der Waals surface area contributed by atoms with Crippen molar-refractivity contribution in [2.24, 2.45) is 5.73 Å². The van der Waals surface area contributed by atoms with Crippen molar-refractivity contribution >= 4 is 28.0 Å². The number of rotatable bonds is 6. The van der Waals surface area contributed by atoms with E-state index < -0.39 is 22.5 Å². The Hall–Kier alpha value is -2.48. The molecule has 3 heterocycles. The number of nitrogens with zero attached hydrogens (tertiary/aromatic N) is 4. The molecular formula is C12H16N6O6S. The van der Waals surface area contributed by atoms with Crippen molar-refractivity contribution < 1.29 is 26.8 Å². The summed E-state index contributed by atoms with van der Waals surface area (Å²) in [4.78, 5) is 25.0. The normalized spacial score (nSPS) is 20.0. The zero-order valence-electron chi connectivity index (χ0n) is 12.9. The predicted octanol–water partition coefficient (Wildman–Crippen LogP) is -1.85. The van der Waals surface area contributed by atoms with Crippen molar-refractivity contribution in [1.29, 1.82) is 0 Å². The molecule has 2 aliphatic heterocycles. The lowest BCUT2D eigenvalue weighted by Gasteiger charge is -2.21. The maximum atomic E-state index is 12.1. The van der Waals surface area contributed by atoms with E-state index in [9.17, 15) is 18.0 Å². The second kappa shape index (κ2) is 6.44. The van der Waals surface area contributed by atoms with Crippen molar-refractivity contribution in [3.05, 3.63) is 24.0 Å². The largest absolute Gasteiger partial charge is 0.418 e. The molecule has 0 aromatic carbocycles. The Labute approximate surface area is 142 Å². The second-order valence-corrected chi connectivity index (χ2v) is 6.45. The lowest BCUT2D eigenvalue weighted by molar-refractivity contribution is -0.120. The van der Waals surface area contributed by atoms with Gasteiger partial charge in [-0.2, -0.15) is 18.6 Å². The van der Waals surface area contributed by atoms with Gasteiger partial charge in [0.15, 0.2) is 0 Å². The number of hydroxylamine groups is 2. The van der Waals surface area contributed by atoms with E-state index in [4.69, 9.17) is 10.3 Å². The van der Waals surface area contributed by atoms with E-state index >= 15 is 0 Å². The van der Waals surface area contributed by atoms with Gasteiger partial charge in [-0.25, -0.2) is 9.48 Å². The van der Waals surface area contributed by atoms with Crippen LogP contribution in [-0.2, 0) is 25.9 Å². The summed E-state index contributed by atoms with van der Waals surface area (Å²) in [5.74, 6) is -0.267. The number of fused-ring (bicyclic) bond motifs is 2. The smallest absolute Gasteiger partial charge is 0.343 e. The van der Waals surface area contributed by atoms with Crippen LogP contribution in [-0.4, -0.2) is 70.5 Å². The number of hydrogen-bond donors (Lipinski definition) is 3. The molecule has 3 amide bonds. The van der Waals surface area contributed by atoms with Crippen LogP contribution in [0.1, 0.15) is 5.69 Å². The van der Waals surface area contributed by atoms with Crippen LogP contribution in [0.2, 0.25) is 0 Å². The van der Waals surface area contributed by atoms with Crippen LogP contribution in [0.15, 0.2) is 18.3 Å². The van der Waals surface area contributed by atoms with Crippen LogP contribution in [0.5, 0.6) is 0 Å². The number of carbonyl (C=O) groups excluding carboxylic acids is 2. The standard InChI is InChI=1S/C12H16N6O6S/c13-7-14-11(19)3-8-1-2-17(15-8)9-4-10-6-16(5-9)12(20)18(10)24-25(21,22)23/h1-2,4,10H,3,5-7,13H2,(H,14,19)(H,21,22,23). The molecule has 1 aromatic heterocycles. The Morgan fingerprint density at radius 3 is 2.96 bits per heavy atom. The van der Waals surface area contributed by atoms with Crippen LogP contribution in [0.4, 0.5) is 4.79 Å². The molecule has 1 saturated heterocycles. The molecule has 1 unspecified atom stereocenters. The molecule has 12 nitrogen and oxygen atoms in total. The average molecular weight is 372 g/mol. The maximum Gasteiger partial charge on any atom is 0.418 e. The Morgan fingerprint density at radius 1 is 1.52 bits per heavy atom. The van der Waals surface area contributed by atoms with Crippen molar-refractivity contribution in [3.8, 4) is 0 Å². The van der Waals surface area contributed by atoms with Gasteiger partial charge in [0.1, 0.15) is 6.04 Å². The van der Waals surface area contributed by atoms with E-state index in [1.54, 1.807) is 18.3 Å². The third-order valence-electron chi connectivity index (χ3n) is 3.66. The molecule has 136 valence electrons. The molecule has 0 saturated carbocycles. The van der Waals surface area contributed by atoms with Gasteiger partial charge in [0.2, 0.25) is 5.91 Å². The lowest BCUT2D eigenvalue weighted by Crippen LogP contribution is -2.35. The third-order valence-corrected chi connectivity index (χ3v) is 4.01. The van der Waals surface area contributed by atoms with Gasteiger partial charge >= 0.3 is 16.4 Å². The van der Waals surface area contributed by atoms with Gasteiger partial charge in [-0.15, -0.1) is 4.28 Å². The summed E-state index contributed by atoms with van der Waals surface area (Å²) in [6, 6.07) is 0.284. The molecule has 1 atom stereocenters. The number of nitrogens with two attached hydrogens (primary N) is 1. The Kier molecular flexibility index (Phi) is 4.47. The molecule has 13 heteroatoms. The minimum atomic E-state index is -4.80. The monoisotopic (exact) mass is 372 g/mol. The van der Waals surface area contributed by atoms with Crippen LogP contribution in [0, 0.1) is 0 Å². The van der Waals surface area contributed by atoms with Crippen molar-refractivity contribution in [1.82, 2.24) is 25.1 Å². The molecule has 4 N–H and O–H groups in total. The van der Waals surface area contributed by atoms with Gasteiger partial charge in [0.05, 0.1) is 31.0 Å². The fourth-order valence-electron chi connectivity index (χ4n) is 2.68. The highest BCUT2D eigenvalue weighted by Gasteiger charge is 2.43. The highest BCUT2D eigenvalue weighted by Crippen LogP contribution is 2.27. The Bertz CT molecular complexity index is 833. The number of nitrogens with one attached hydrogen (secondary N) is 1. The number of hydrogen-bond acceptors (Lipinski definition) is 7. The highest BCUT2D eigenvalue weighted by atomic mass is 32.3. The number of amides is 3. The van der Waals surface area contributed by atoms with Crippen LogP contribution in [0.3, 0.4) is 0 Å². The van der Waals surface area contributed by atoms with E-state index in [1.807, 2.05) is 0 Å². The molecule has 1 fully saturated rings. The minimum Gasteiger partial charge on any atom is -0.343 e. The first-order chi connectivity index (χ1) is 11.8. The van der Waals surface area contributed by atoms with Crippen LogP contribution >= 0.6 is 0 Å². The topological polar surface area (TPSA) is 160 Å². The molecule has 0 radical (unpaired) electrons. The summed E-state index contributed by atoms with van der Waals surface area (Å²) in [6.07, 6.45) is 3.30. The third kappa shape index (κ3) is 3.79. The average Bonchev–Trinajstić information content (AvgIpc) is 3.06. The van der Waals surface area contributed by atoms with E-state index in [2.05, 4.69) is 14.7 Å². The minimum absolute atomic E-state index is 0.0348. The lowest BCUT2D eigenvalue weighted by atomic mass is 10.2. The number of aromatic nitrogens is 2. The van der Waals surface area contributed by atoms with Gasteiger partial charge in [-0.3, -0.25) is 9.35 Å². The summed E-state index contributed by atoms with van der Waals surface area (Å²) >= 11 is 0. The van der Waals surface area contributed by atoms with Gasteiger partial charge in [0.25, 0.3) is 0 Å². The quantitative estimate of drug-likeness (QED) is 0.387. The maximum absolute atomic E-state index is 12.1. The predicted molar refractivity (Wildman–Crippen MR) is 82.6 cm³/mol. The highest BCUT2D eigenvalue weighted by molar-refractivity contribution is 7.80. The van der Waals surface area contributed by atoms with E-state index in [0.717, 1.165) is 0 Å². The Balaban J connectivity index is 1.76. The molecule has 1 aromatic rings. The molecular weight excluding hydrogens is 356 g/mol. The zero-order chi connectivity index (χ0) is 18.2. The molecule has 25 heavy (non-hydrogen) atoms. The van der Waals surface area contributed by atoms with Gasteiger partial charge in [-0.1, -0.05) is 0 Å². The summed E-state index contributed by atoms with van der Waals surface area (Å²) in [6.45, 7) is 0.439. The van der Waals surface area contributed by atoms with Crippen LogP contribution in [0.25, 0.3) is 5.70 Å². The number of urea groups is 1. The first kappa shape index (κ1) is 17.3. The van der Waals surface area contributed by atoms with Crippen LogP contribution < -0.4 is 11.1 Å². The SMILES string of the molecule is NCNC(=O)Cc1ccn(C2=CC3CN(C2)C(=O)N3OS(=O)(=O)O)n1. The van der Waals surface area contributed by atoms with Gasteiger partial charge in [0, 0.05) is 12.7 Å². The zero-order valence-corrected chi connectivity index (χ0v) is 13.7. The summed E-state index contributed by atoms with van der Waals surface area (Å²) in [5, 5.41) is 7.32. The summed E-state index contributed by atoms with van der Waals surface area (Å²) < 4.78 is 36.3. The fourth-order valence-corrected chi connectivity index (χ4v) is 3.05. The van der Waals surface area contributed by atoms with E-state index in [0.29, 0.717) is 16.5 Å². The number of carbonyl (C=O) groups is 2. The summed E-state index contributed by atoms with van der Waals surface area (Å²) in [7, 11) is -4.80. The molecule has 0 spiro atoms. The van der Waals surface area contributed by atoms with Gasteiger partial charge in [-0.05, 0) is 12.1 Å². The Morgan fingerprint density at radius 2 is 2.28 bits per heavy atom. The van der Waals surface area contributed by atoms with E-state index in [-0.39, 0.29) is 32.1 Å². The summed E-state index contributed by atoms with van der Waals surface area (Å²) in [5.41, 5.74) is 6.35. The molecule has 0 aliphatic carbocycles. The molecule has 3 rings (SSSR count). The van der Waals surface area contributed by atoms with Gasteiger partial charge < -0.3 is 16.0 Å². The first-order valence-corrected chi connectivity index (χ1v) is 8.61.